The van der Waals surface area contributed by atoms with Crippen LogP contribution in [0.3, 0.4) is 0 Å². The lowest BCUT2D eigenvalue weighted by molar-refractivity contribution is 0.415. The molecule has 0 aliphatic heterocycles. The van der Waals surface area contributed by atoms with Gasteiger partial charge in [-0.3, -0.25) is 4.98 Å². The number of fused-ring (bicyclic) bond motifs is 2. The van der Waals surface area contributed by atoms with Gasteiger partial charge in [0, 0.05) is 17.6 Å². The van der Waals surface area contributed by atoms with Crippen LogP contribution in [0.5, 0.6) is 0 Å². The summed E-state index contributed by atoms with van der Waals surface area (Å²) >= 11 is 1.73. The molecule has 1 heterocycles. The lowest BCUT2D eigenvalue weighted by Gasteiger charge is -2.18. The van der Waals surface area contributed by atoms with Gasteiger partial charge in [0.15, 0.2) is 0 Å². The van der Waals surface area contributed by atoms with Crippen molar-refractivity contribution in [3.8, 4) is 0 Å². The third kappa shape index (κ3) is 1.99. The van der Waals surface area contributed by atoms with Gasteiger partial charge in [-0.1, -0.05) is 12.2 Å². The Morgan fingerprint density at radius 1 is 1.40 bits per heavy atom. The van der Waals surface area contributed by atoms with Gasteiger partial charge in [0.1, 0.15) is 0 Å². The molecule has 2 aliphatic rings. The molecule has 0 aromatic carbocycles. The Bertz CT molecular complexity index is 345. The van der Waals surface area contributed by atoms with Crippen molar-refractivity contribution in [2.24, 2.45) is 17.8 Å². The predicted molar refractivity (Wildman–Crippen MR) is 62.7 cm³/mol. The van der Waals surface area contributed by atoms with Crippen molar-refractivity contribution in [3.05, 3.63) is 28.7 Å². The van der Waals surface area contributed by atoms with E-state index < -0.39 is 0 Å². The Hall–Kier alpha value is -0.670. The van der Waals surface area contributed by atoms with Crippen molar-refractivity contribution in [2.75, 3.05) is 6.54 Å². The molecule has 1 aromatic heterocycles. The van der Waals surface area contributed by atoms with E-state index >= 15 is 0 Å². The molecule has 0 amide bonds. The van der Waals surface area contributed by atoms with E-state index in [1.54, 1.807) is 11.3 Å². The van der Waals surface area contributed by atoms with Crippen LogP contribution in [0, 0.1) is 17.8 Å². The lowest BCUT2D eigenvalue weighted by atomic mass is 9.94. The largest absolute Gasteiger partial charge is 0.311 e. The van der Waals surface area contributed by atoms with Gasteiger partial charge in [-0.2, -0.15) is 0 Å². The van der Waals surface area contributed by atoms with Gasteiger partial charge in [0.2, 0.25) is 0 Å². The van der Waals surface area contributed by atoms with E-state index in [1.807, 2.05) is 11.7 Å². The lowest BCUT2D eigenvalue weighted by Crippen LogP contribution is -2.24. The minimum absolute atomic E-state index is 0.865. The van der Waals surface area contributed by atoms with Crippen LogP contribution in [0.25, 0.3) is 0 Å². The first kappa shape index (κ1) is 9.55. The SMILES string of the molecule is C1=CC2CC1CC2CNCc1cncs1. The molecule has 3 atom stereocenters. The molecule has 0 radical (unpaired) electrons. The third-order valence-corrected chi connectivity index (χ3v) is 4.39. The topological polar surface area (TPSA) is 24.9 Å². The molecule has 1 N–H and O–H groups in total. The molecule has 3 heteroatoms. The molecule has 0 saturated heterocycles. The number of nitrogens with zero attached hydrogens (tertiary/aromatic N) is 1. The standard InChI is InChI=1S/C12H16N2S/c1-2-10-3-9(1)4-11(10)5-13-6-12-7-14-8-15-12/h1-2,7-11,13H,3-6H2. The fourth-order valence-corrected chi connectivity index (χ4v) is 3.40. The van der Waals surface area contributed by atoms with Crippen LogP contribution in [0.4, 0.5) is 0 Å². The summed E-state index contributed by atoms with van der Waals surface area (Å²) in [5.74, 6) is 2.64. The third-order valence-electron chi connectivity index (χ3n) is 3.61. The van der Waals surface area contributed by atoms with E-state index in [1.165, 1.54) is 24.3 Å². The maximum absolute atomic E-state index is 4.08. The molecule has 1 saturated carbocycles. The van der Waals surface area contributed by atoms with Gasteiger partial charge < -0.3 is 5.32 Å². The monoisotopic (exact) mass is 220 g/mol. The van der Waals surface area contributed by atoms with Crippen molar-refractivity contribution in [3.63, 3.8) is 0 Å². The molecule has 2 aliphatic carbocycles. The van der Waals surface area contributed by atoms with Crippen LogP contribution < -0.4 is 5.32 Å². The van der Waals surface area contributed by atoms with Gasteiger partial charge in [-0.05, 0) is 37.1 Å². The van der Waals surface area contributed by atoms with Gasteiger partial charge >= 0.3 is 0 Å². The molecule has 0 spiro atoms. The molecule has 1 fully saturated rings. The first-order valence-electron chi connectivity index (χ1n) is 5.68. The summed E-state index contributed by atoms with van der Waals surface area (Å²) in [4.78, 5) is 5.42. The van der Waals surface area contributed by atoms with Crippen LogP contribution in [-0.4, -0.2) is 11.5 Å². The normalized spacial score (nSPS) is 32.7. The van der Waals surface area contributed by atoms with Crippen molar-refractivity contribution >= 4 is 11.3 Å². The second-order valence-corrected chi connectivity index (χ2v) is 5.61. The van der Waals surface area contributed by atoms with Crippen LogP contribution in [0.1, 0.15) is 17.7 Å². The number of nitrogens with one attached hydrogen (secondary N) is 1. The van der Waals surface area contributed by atoms with Crippen LogP contribution in [0.15, 0.2) is 23.9 Å². The molecular weight excluding hydrogens is 204 g/mol. The van der Waals surface area contributed by atoms with E-state index in [-0.39, 0.29) is 0 Å². The highest BCUT2D eigenvalue weighted by Crippen LogP contribution is 2.42. The average molecular weight is 220 g/mol. The zero-order valence-electron chi connectivity index (χ0n) is 8.73. The van der Waals surface area contributed by atoms with Crippen molar-refractivity contribution in [2.45, 2.75) is 19.4 Å². The second kappa shape index (κ2) is 4.06. The van der Waals surface area contributed by atoms with Crippen molar-refractivity contribution < 1.29 is 0 Å². The quantitative estimate of drug-likeness (QED) is 0.788. The van der Waals surface area contributed by atoms with E-state index in [0.717, 1.165) is 24.3 Å². The maximum Gasteiger partial charge on any atom is 0.0794 e. The van der Waals surface area contributed by atoms with Crippen LogP contribution in [-0.2, 0) is 6.54 Å². The van der Waals surface area contributed by atoms with Gasteiger partial charge in [-0.15, -0.1) is 11.3 Å². The second-order valence-electron chi connectivity index (χ2n) is 4.64. The first-order valence-corrected chi connectivity index (χ1v) is 6.56. The fraction of sp³-hybridized carbons (Fsp3) is 0.583. The minimum Gasteiger partial charge on any atom is -0.311 e. The molecule has 3 unspecified atom stereocenters. The highest BCUT2D eigenvalue weighted by atomic mass is 32.1. The summed E-state index contributed by atoms with van der Waals surface area (Å²) < 4.78 is 0. The summed E-state index contributed by atoms with van der Waals surface area (Å²) in [6.45, 7) is 2.16. The first-order chi connectivity index (χ1) is 7.42. The summed E-state index contributed by atoms with van der Waals surface area (Å²) in [5, 5.41) is 3.55. The number of allylic oxidation sites excluding steroid dienone is 2. The number of rotatable bonds is 4. The highest BCUT2D eigenvalue weighted by Gasteiger charge is 2.34. The summed E-state index contributed by atoms with van der Waals surface area (Å²) in [6, 6.07) is 0. The molecule has 2 bridgehead atoms. The van der Waals surface area contributed by atoms with Gasteiger partial charge in [0.25, 0.3) is 0 Å². The van der Waals surface area contributed by atoms with Crippen LogP contribution in [0.2, 0.25) is 0 Å². The van der Waals surface area contributed by atoms with E-state index in [0.29, 0.717) is 0 Å². The maximum atomic E-state index is 4.08. The Balaban J connectivity index is 1.45. The van der Waals surface area contributed by atoms with Crippen molar-refractivity contribution in [1.82, 2.24) is 10.3 Å². The molecule has 15 heavy (non-hydrogen) atoms. The smallest absolute Gasteiger partial charge is 0.0794 e. The van der Waals surface area contributed by atoms with Gasteiger partial charge in [-0.25, -0.2) is 0 Å². The molecule has 3 rings (SSSR count). The summed E-state index contributed by atoms with van der Waals surface area (Å²) in [6.07, 6.45) is 9.60. The highest BCUT2D eigenvalue weighted by molar-refractivity contribution is 7.09. The molecule has 80 valence electrons. The summed E-state index contributed by atoms with van der Waals surface area (Å²) in [5.41, 5.74) is 1.90. The Morgan fingerprint density at radius 3 is 3.07 bits per heavy atom. The summed E-state index contributed by atoms with van der Waals surface area (Å²) in [7, 11) is 0. The van der Waals surface area contributed by atoms with Crippen LogP contribution >= 0.6 is 11.3 Å². The molecular formula is C12H16N2S. The molecule has 2 nitrogen and oxygen atoms in total. The van der Waals surface area contributed by atoms with Crippen molar-refractivity contribution in [1.29, 1.82) is 0 Å². The number of hydrogen-bond acceptors (Lipinski definition) is 3. The predicted octanol–water partition coefficient (Wildman–Crippen LogP) is 2.44. The Morgan fingerprint density at radius 2 is 2.40 bits per heavy atom. The van der Waals surface area contributed by atoms with E-state index in [2.05, 4.69) is 22.5 Å². The number of thiazole rings is 1. The molecule has 1 aromatic rings. The average Bonchev–Trinajstić information content (AvgIpc) is 2.93. The number of aromatic nitrogens is 1. The van der Waals surface area contributed by atoms with Gasteiger partial charge in [0.05, 0.1) is 5.51 Å². The zero-order valence-corrected chi connectivity index (χ0v) is 9.54. The minimum atomic E-state index is 0.865. The Kier molecular flexibility index (Phi) is 2.59. The van der Waals surface area contributed by atoms with E-state index in [9.17, 15) is 0 Å². The Labute approximate surface area is 94.4 Å². The fourth-order valence-electron chi connectivity index (χ4n) is 2.84. The zero-order chi connectivity index (χ0) is 10.1. The van der Waals surface area contributed by atoms with E-state index in [4.69, 9.17) is 0 Å². The number of hydrogen-bond donors (Lipinski definition) is 1.